The van der Waals surface area contributed by atoms with Gasteiger partial charge < -0.3 is 14.6 Å². The summed E-state index contributed by atoms with van der Waals surface area (Å²) in [5.41, 5.74) is 1.02. The lowest BCUT2D eigenvalue weighted by Crippen LogP contribution is -2.33. The molecule has 3 rings (SSSR count). The third kappa shape index (κ3) is 2.02. The van der Waals surface area contributed by atoms with Crippen LogP contribution in [0.15, 0.2) is 30.5 Å². The third-order valence-corrected chi connectivity index (χ3v) is 3.87. The zero-order chi connectivity index (χ0) is 13.6. The van der Waals surface area contributed by atoms with Gasteiger partial charge in [-0.3, -0.25) is 4.79 Å². The van der Waals surface area contributed by atoms with E-state index in [4.69, 9.17) is 0 Å². The number of aryl methyl sites for hydroxylation is 1. The van der Waals surface area contributed by atoms with Crippen LogP contribution in [-0.4, -0.2) is 39.2 Å². The van der Waals surface area contributed by atoms with Crippen molar-refractivity contribution in [2.75, 3.05) is 13.1 Å². The Kier molecular flexibility index (Phi) is 2.64. The highest BCUT2D eigenvalue weighted by Crippen LogP contribution is 2.26. The first-order valence-electron chi connectivity index (χ1n) is 6.54. The topological polar surface area (TPSA) is 45.5 Å². The Morgan fingerprint density at radius 1 is 1.37 bits per heavy atom. The van der Waals surface area contributed by atoms with Gasteiger partial charge in [-0.2, -0.15) is 0 Å². The first-order chi connectivity index (χ1) is 8.98. The molecule has 1 aliphatic rings. The average Bonchev–Trinajstić information content (AvgIpc) is 2.90. The lowest BCUT2D eigenvalue weighted by Gasteiger charge is -2.18. The molecule has 1 atom stereocenters. The molecule has 0 bridgehead atoms. The van der Waals surface area contributed by atoms with Crippen LogP contribution in [0.25, 0.3) is 10.9 Å². The van der Waals surface area contributed by atoms with Crippen LogP contribution >= 0.6 is 0 Å². The summed E-state index contributed by atoms with van der Waals surface area (Å²) in [5.74, 6) is 0.00887. The molecule has 4 heteroatoms. The standard InChI is InChI=1S/C15H18N2O2/c1-15(19)7-8-17(10-15)14(18)12-9-16(2)13-6-4-3-5-11(12)13/h3-6,9,19H,7-8,10H2,1-2H3. The molecule has 0 saturated carbocycles. The van der Waals surface area contributed by atoms with E-state index < -0.39 is 5.60 Å². The summed E-state index contributed by atoms with van der Waals surface area (Å²) < 4.78 is 1.97. The van der Waals surface area contributed by atoms with E-state index >= 15 is 0 Å². The summed E-state index contributed by atoms with van der Waals surface area (Å²) in [5, 5.41) is 11.0. The van der Waals surface area contributed by atoms with E-state index in [-0.39, 0.29) is 5.91 Å². The van der Waals surface area contributed by atoms with E-state index in [0.717, 1.165) is 16.5 Å². The van der Waals surface area contributed by atoms with Crippen LogP contribution in [0.2, 0.25) is 0 Å². The number of nitrogens with zero attached hydrogens (tertiary/aromatic N) is 2. The van der Waals surface area contributed by atoms with Crippen molar-refractivity contribution in [2.24, 2.45) is 7.05 Å². The molecule has 2 aromatic rings. The maximum atomic E-state index is 12.6. The van der Waals surface area contributed by atoms with Gasteiger partial charge in [0.1, 0.15) is 0 Å². The zero-order valence-corrected chi connectivity index (χ0v) is 11.3. The first-order valence-corrected chi connectivity index (χ1v) is 6.54. The van der Waals surface area contributed by atoms with Crippen molar-refractivity contribution in [2.45, 2.75) is 18.9 Å². The van der Waals surface area contributed by atoms with Crippen molar-refractivity contribution in [3.8, 4) is 0 Å². The van der Waals surface area contributed by atoms with E-state index in [2.05, 4.69) is 0 Å². The number of carbonyl (C=O) groups is 1. The van der Waals surface area contributed by atoms with Gasteiger partial charge in [-0.05, 0) is 19.4 Å². The molecule has 1 amide bonds. The lowest BCUT2D eigenvalue weighted by atomic mass is 10.1. The molecule has 0 radical (unpaired) electrons. The molecule has 1 saturated heterocycles. The molecular formula is C15H18N2O2. The average molecular weight is 258 g/mol. The van der Waals surface area contributed by atoms with Gasteiger partial charge in [0.15, 0.2) is 0 Å². The summed E-state index contributed by atoms with van der Waals surface area (Å²) in [6, 6.07) is 7.89. The zero-order valence-electron chi connectivity index (χ0n) is 11.3. The molecule has 100 valence electrons. The highest BCUT2D eigenvalue weighted by atomic mass is 16.3. The Hall–Kier alpha value is -1.81. The van der Waals surface area contributed by atoms with Crippen LogP contribution < -0.4 is 0 Å². The predicted molar refractivity (Wildman–Crippen MR) is 74.1 cm³/mol. The minimum absolute atomic E-state index is 0.00887. The largest absolute Gasteiger partial charge is 0.388 e. The fraction of sp³-hybridized carbons (Fsp3) is 0.400. The highest BCUT2D eigenvalue weighted by molar-refractivity contribution is 6.07. The summed E-state index contributed by atoms with van der Waals surface area (Å²) in [6.07, 6.45) is 2.52. The number of hydrogen-bond donors (Lipinski definition) is 1. The minimum Gasteiger partial charge on any atom is -0.388 e. The van der Waals surface area contributed by atoms with Crippen molar-refractivity contribution in [1.29, 1.82) is 0 Å². The third-order valence-electron chi connectivity index (χ3n) is 3.87. The Bertz CT molecular complexity index is 643. The van der Waals surface area contributed by atoms with Gasteiger partial charge in [-0.1, -0.05) is 18.2 Å². The van der Waals surface area contributed by atoms with Crippen LogP contribution in [0.5, 0.6) is 0 Å². The Morgan fingerprint density at radius 3 is 2.79 bits per heavy atom. The van der Waals surface area contributed by atoms with Crippen molar-refractivity contribution in [3.63, 3.8) is 0 Å². The second-order valence-electron chi connectivity index (χ2n) is 5.64. The fourth-order valence-corrected chi connectivity index (χ4v) is 2.80. The molecular weight excluding hydrogens is 240 g/mol. The maximum absolute atomic E-state index is 12.6. The van der Waals surface area contributed by atoms with Gasteiger partial charge in [0.05, 0.1) is 11.2 Å². The SMILES string of the molecule is Cn1cc(C(=O)N2CCC(C)(O)C2)c2ccccc21. The number of hydrogen-bond acceptors (Lipinski definition) is 2. The number of β-amino-alcohol motifs (C(OH)–C–C–N with tert-alkyl or cyclic N) is 1. The summed E-state index contributed by atoms with van der Waals surface area (Å²) in [4.78, 5) is 14.3. The Morgan fingerprint density at radius 2 is 2.11 bits per heavy atom. The quantitative estimate of drug-likeness (QED) is 0.847. The summed E-state index contributed by atoms with van der Waals surface area (Å²) >= 11 is 0. The van der Waals surface area contributed by atoms with Gasteiger partial charge in [0.25, 0.3) is 5.91 Å². The number of amides is 1. The number of likely N-dealkylation sites (tertiary alicyclic amines) is 1. The number of rotatable bonds is 1. The van der Waals surface area contributed by atoms with Crippen molar-refractivity contribution in [3.05, 3.63) is 36.0 Å². The molecule has 4 nitrogen and oxygen atoms in total. The molecule has 0 spiro atoms. The van der Waals surface area contributed by atoms with Gasteiger partial charge >= 0.3 is 0 Å². The van der Waals surface area contributed by atoms with E-state index in [9.17, 15) is 9.90 Å². The van der Waals surface area contributed by atoms with Gasteiger partial charge in [0, 0.05) is 37.2 Å². The monoisotopic (exact) mass is 258 g/mol. The highest BCUT2D eigenvalue weighted by Gasteiger charge is 2.35. The first kappa shape index (κ1) is 12.2. The van der Waals surface area contributed by atoms with Crippen LogP contribution in [-0.2, 0) is 7.05 Å². The van der Waals surface area contributed by atoms with Crippen molar-refractivity contribution in [1.82, 2.24) is 9.47 Å². The van der Waals surface area contributed by atoms with E-state index in [0.29, 0.717) is 19.5 Å². The molecule has 2 heterocycles. The molecule has 1 aromatic carbocycles. The van der Waals surface area contributed by atoms with Crippen molar-refractivity contribution < 1.29 is 9.90 Å². The van der Waals surface area contributed by atoms with Gasteiger partial charge in [-0.15, -0.1) is 0 Å². The van der Waals surface area contributed by atoms with E-state index in [1.807, 2.05) is 42.1 Å². The lowest BCUT2D eigenvalue weighted by molar-refractivity contribution is 0.0573. The molecule has 19 heavy (non-hydrogen) atoms. The van der Waals surface area contributed by atoms with E-state index in [1.54, 1.807) is 11.8 Å². The smallest absolute Gasteiger partial charge is 0.256 e. The second-order valence-corrected chi connectivity index (χ2v) is 5.64. The minimum atomic E-state index is -0.750. The van der Waals surface area contributed by atoms with Crippen LogP contribution in [0, 0.1) is 0 Å². The number of fused-ring (bicyclic) bond motifs is 1. The summed E-state index contributed by atoms with van der Waals surface area (Å²) in [7, 11) is 1.94. The number of aromatic nitrogens is 1. The van der Waals surface area contributed by atoms with Crippen molar-refractivity contribution >= 4 is 16.8 Å². The van der Waals surface area contributed by atoms with Crippen LogP contribution in [0.1, 0.15) is 23.7 Å². The molecule has 1 aliphatic heterocycles. The fourth-order valence-electron chi connectivity index (χ4n) is 2.80. The molecule has 1 aromatic heterocycles. The summed E-state index contributed by atoms with van der Waals surface area (Å²) in [6.45, 7) is 2.81. The molecule has 1 unspecified atom stereocenters. The number of aliphatic hydroxyl groups is 1. The van der Waals surface area contributed by atoms with Gasteiger partial charge in [-0.25, -0.2) is 0 Å². The van der Waals surface area contributed by atoms with Gasteiger partial charge in [0.2, 0.25) is 0 Å². The molecule has 1 N–H and O–H groups in total. The second kappa shape index (κ2) is 4.10. The normalized spacial score (nSPS) is 23.2. The molecule has 0 aliphatic carbocycles. The molecule has 1 fully saturated rings. The Balaban J connectivity index is 1.99. The maximum Gasteiger partial charge on any atom is 0.256 e. The number of para-hydroxylation sites is 1. The van der Waals surface area contributed by atoms with Crippen LogP contribution in [0.3, 0.4) is 0 Å². The van der Waals surface area contributed by atoms with E-state index in [1.165, 1.54) is 0 Å². The predicted octanol–water partition coefficient (Wildman–Crippen LogP) is 1.78. The van der Waals surface area contributed by atoms with Crippen LogP contribution in [0.4, 0.5) is 0 Å². The number of benzene rings is 1. The number of carbonyl (C=O) groups excluding carboxylic acids is 1. The Labute approximate surface area is 112 Å².